The summed E-state index contributed by atoms with van der Waals surface area (Å²) in [6, 6.07) is 0. The Kier molecular flexibility index (Phi) is 6.32. The zero-order valence-electron chi connectivity index (χ0n) is 10.7. The van der Waals surface area contributed by atoms with Crippen LogP contribution >= 0.6 is 0 Å². The topological polar surface area (TPSA) is 50.2 Å². The molecule has 0 fully saturated rings. The molecule has 0 aliphatic rings. The molecule has 1 rings (SSSR count). The smallest absolute Gasteiger partial charge is 0.223 e. The summed E-state index contributed by atoms with van der Waals surface area (Å²) in [6.45, 7) is 2.75. The summed E-state index contributed by atoms with van der Waals surface area (Å²) in [5, 5.41) is 3.28. The van der Waals surface area contributed by atoms with Gasteiger partial charge in [0.25, 0.3) is 0 Å². The van der Waals surface area contributed by atoms with Gasteiger partial charge in [-0.1, -0.05) is 0 Å². The van der Waals surface area contributed by atoms with Crippen LogP contribution in [-0.2, 0) is 11.3 Å². The van der Waals surface area contributed by atoms with E-state index < -0.39 is 0 Å². The van der Waals surface area contributed by atoms with E-state index in [0.29, 0.717) is 6.42 Å². The maximum absolute atomic E-state index is 11.3. The minimum absolute atomic E-state index is 0.177. The van der Waals surface area contributed by atoms with Crippen LogP contribution in [0.25, 0.3) is 0 Å². The number of rotatable bonds is 8. The van der Waals surface area contributed by atoms with E-state index in [2.05, 4.69) is 14.9 Å². The highest BCUT2D eigenvalue weighted by molar-refractivity contribution is 5.75. The number of hydrogen-bond donors (Lipinski definition) is 1. The normalized spacial score (nSPS) is 10.5. The van der Waals surface area contributed by atoms with E-state index in [0.717, 1.165) is 32.5 Å². The Morgan fingerprint density at radius 1 is 1.35 bits per heavy atom. The molecule has 0 aliphatic heterocycles. The van der Waals surface area contributed by atoms with Gasteiger partial charge in [0.05, 0.1) is 6.33 Å². The highest BCUT2D eigenvalue weighted by Crippen LogP contribution is 1.94. The number of carbonyl (C=O) groups is 1. The second-order valence-electron chi connectivity index (χ2n) is 4.30. The summed E-state index contributed by atoms with van der Waals surface area (Å²) in [6.07, 6.45) is 8.44. The Labute approximate surface area is 103 Å². The van der Waals surface area contributed by atoms with Gasteiger partial charge in [-0.2, -0.15) is 0 Å². The average Bonchev–Trinajstić information content (AvgIpc) is 2.80. The SMILES string of the molecule is CN(C)C(=O)CCNCCCCn1ccnc1. The van der Waals surface area contributed by atoms with Crippen LogP contribution in [0.3, 0.4) is 0 Å². The molecule has 0 bridgehead atoms. The summed E-state index contributed by atoms with van der Waals surface area (Å²) >= 11 is 0. The minimum Gasteiger partial charge on any atom is -0.349 e. The third-order valence-electron chi connectivity index (χ3n) is 2.59. The van der Waals surface area contributed by atoms with Crippen molar-refractivity contribution in [3.05, 3.63) is 18.7 Å². The summed E-state index contributed by atoms with van der Waals surface area (Å²) < 4.78 is 2.08. The maximum Gasteiger partial charge on any atom is 0.223 e. The van der Waals surface area contributed by atoms with Gasteiger partial charge >= 0.3 is 0 Å². The molecule has 0 saturated heterocycles. The van der Waals surface area contributed by atoms with Crippen molar-refractivity contribution in [2.24, 2.45) is 0 Å². The van der Waals surface area contributed by atoms with Gasteiger partial charge in [0.1, 0.15) is 0 Å². The lowest BCUT2D eigenvalue weighted by Gasteiger charge is -2.10. The van der Waals surface area contributed by atoms with Crippen molar-refractivity contribution in [2.45, 2.75) is 25.8 Å². The molecule has 0 spiro atoms. The fourth-order valence-electron chi connectivity index (χ4n) is 1.51. The van der Waals surface area contributed by atoms with Gasteiger partial charge < -0.3 is 14.8 Å². The number of hydrogen-bond acceptors (Lipinski definition) is 3. The van der Waals surface area contributed by atoms with Crippen molar-refractivity contribution in [3.63, 3.8) is 0 Å². The van der Waals surface area contributed by atoms with E-state index in [1.165, 1.54) is 0 Å². The van der Waals surface area contributed by atoms with E-state index in [-0.39, 0.29) is 5.91 Å². The van der Waals surface area contributed by atoms with Crippen molar-refractivity contribution < 1.29 is 4.79 Å². The van der Waals surface area contributed by atoms with E-state index >= 15 is 0 Å². The summed E-state index contributed by atoms with van der Waals surface area (Å²) in [5.41, 5.74) is 0. The van der Waals surface area contributed by atoms with Gasteiger partial charge in [0, 0.05) is 46.0 Å². The highest BCUT2D eigenvalue weighted by Gasteiger charge is 2.01. The second-order valence-corrected chi connectivity index (χ2v) is 4.30. The van der Waals surface area contributed by atoms with Crippen LogP contribution in [0.2, 0.25) is 0 Å². The van der Waals surface area contributed by atoms with Crippen LogP contribution in [0, 0.1) is 0 Å². The molecule has 0 radical (unpaired) electrons. The van der Waals surface area contributed by atoms with E-state index in [1.807, 2.05) is 12.5 Å². The number of carbonyl (C=O) groups excluding carboxylic acids is 1. The molecular weight excluding hydrogens is 216 g/mol. The van der Waals surface area contributed by atoms with Crippen LogP contribution in [0.1, 0.15) is 19.3 Å². The van der Waals surface area contributed by atoms with Gasteiger partial charge in [0.15, 0.2) is 0 Å². The first-order valence-corrected chi connectivity index (χ1v) is 6.07. The predicted molar refractivity (Wildman–Crippen MR) is 67.6 cm³/mol. The number of aryl methyl sites for hydroxylation is 1. The molecule has 17 heavy (non-hydrogen) atoms. The van der Waals surface area contributed by atoms with Crippen molar-refractivity contribution in [3.8, 4) is 0 Å². The Balaban J connectivity index is 1.89. The summed E-state index contributed by atoms with van der Waals surface area (Å²) in [4.78, 5) is 16.9. The average molecular weight is 238 g/mol. The first-order chi connectivity index (χ1) is 8.20. The lowest BCUT2D eigenvalue weighted by molar-refractivity contribution is -0.128. The van der Waals surface area contributed by atoms with E-state index in [4.69, 9.17) is 0 Å². The molecule has 0 aliphatic carbocycles. The van der Waals surface area contributed by atoms with Crippen LogP contribution in [-0.4, -0.2) is 47.5 Å². The zero-order valence-corrected chi connectivity index (χ0v) is 10.7. The quantitative estimate of drug-likeness (QED) is 0.679. The first kappa shape index (κ1) is 13.7. The monoisotopic (exact) mass is 238 g/mol. The van der Waals surface area contributed by atoms with Crippen molar-refractivity contribution in [2.75, 3.05) is 27.2 Å². The summed E-state index contributed by atoms with van der Waals surface area (Å²) in [5.74, 6) is 0.177. The third-order valence-corrected chi connectivity index (χ3v) is 2.59. The maximum atomic E-state index is 11.3. The van der Waals surface area contributed by atoms with E-state index in [9.17, 15) is 4.79 Å². The fraction of sp³-hybridized carbons (Fsp3) is 0.667. The molecule has 0 atom stereocenters. The Morgan fingerprint density at radius 2 is 2.18 bits per heavy atom. The van der Waals surface area contributed by atoms with Crippen LogP contribution in [0.5, 0.6) is 0 Å². The highest BCUT2D eigenvalue weighted by atomic mass is 16.2. The first-order valence-electron chi connectivity index (χ1n) is 6.07. The molecule has 0 unspecified atom stereocenters. The lowest BCUT2D eigenvalue weighted by atomic mass is 10.3. The van der Waals surface area contributed by atoms with Gasteiger partial charge in [-0.15, -0.1) is 0 Å². The molecule has 5 heteroatoms. The van der Waals surface area contributed by atoms with Crippen LogP contribution < -0.4 is 5.32 Å². The van der Waals surface area contributed by atoms with Gasteiger partial charge in [-0.25, -0.2) is 4.98 Å². The number of nitrogens with one attached hydrogen (secondary N) is 1. The Bertz CT molecular complexity index is 308. The van der Waals surface area contributed by atoms with Gasteiger partial charge in [-0.05, 0) is 19.4 Å². The number of imidazole rings is 1. The number of aromatic nitrogens is 2. The zero-order chi connectivity index (χ0) is 12.5. The van der Waals surface area contributed by atoms with Crippen molar-refractivity contribution >= 4 is 5.91 Å². The van der Waals surface area contributed by atoms with Crippen molar-refractivity contribution in [1.82, 2.24) is 19.8 Å². The van der Waals surface area contributed by atoms with Crippen molar-refractivity contribution in [1.29, 1.82) is 0 Å². The van der Waals surface area contributed by atoms with E-state index in [1.54, 1.807) is 25.2 Å². The molecule has 1 N–H and O–H groups in total. The number of nitrogens with zero attached hydrogens (tertiary/aromatic N) is 3. The molecule has 1 aromatic rings. The molecular formula is C12H22N4O. The largest absolute Gasteiger partial charge is 0.349 e. The van der Waals surface area contributed by atoms with Crippen LogP contribution in [0.15, 0.2) is 18.7 Å². The molecule has 1 heterocycles. The molecule has 1 amide bonds. The molecule has 5 nitrogen and oxygen atoms in total. The summed E-state index contributed by atoms with van der Waals surface area (Å²) in [7, 11) is 3.57. The molecule has 0 saturated carbocycles. The Hall–Kier alpha value is -1.36. The molecule has 0 aromatic carbocycles. The van der Waals surface area contributed by atoms with Gasteiger partial charge in [0.2, 0.25) is 5.91 Å². The lowest BCUT2D eigenvalue weighted by Crippen LogP contribution is -2.27. The second kappa shape index (κ2) is 7.84. The third kappa shape index (κ3) is 6.06. The number of amides is 1. The molecule has 1 aromatic heterocycles. The Morgan fingerprint density at radius 3 is 2.82 bits per heavy atom. The van der Waals surface area contributed by atoms with Gasteiger partial charge in [-0.3, -0.25) is 4.79 Å². The van der Waals surface area contributed by atoms with Crippen LogP contribution in [0.4, 0.5) is 0 Å². The minimum atomic E-state index is 0.177. The fourth-order valence-corrected chi connectivity index (χ4v) is 1.51. The standard InChI is InChI=1S/C12H22N4O/c1-15(2)12(17)5-7-13-6-3-4-9-16-10-8-14-11-16/h8,10-11,13H,3-7,9H2,1-2H3. The molecule has 96 valence electrons. The predicted octanol–water partition coefficient (Wildman–Crippen LogP) is 0.731. The number of unbranched alkanes of at least 4 members (excludes halogenated alkanes) is 1.